The summed E-state index contributed by atoms with van der Waals surface area (Å²) in [4.78, 5) is 15.9. The fourth-order valence-corrected chi connectivity index (χ4v) is 3.95. The number of carbonyl (C=O) groups excluding carboxylic acids is 1. The predicted octanol–water partition coefficient (Wildman–Crippen LogP) is 3.18. The van der Waals surface area contributed by atoms with Gasteiger partial charge >= 0.3 is 0 Å². The molecule has 0 unspecified atom stereocenters. The van der Waals surface area contributed by atoms with Crippen LogP contribution < -0.4 is 0 Å². The van der Waals surface area contributed by atoms with E-state index in [1.54, 1.807) is 11.3 Å². The van der Waals surface area contributed by atoms with E-state index >= 15 is 0 Å². The van der Waals surface area contributed by atoms with Crippen molar-refractivity contribution in [1.82, 2.24) is 15.1 Å². The van der Waals surface area contributed by atoms with Crippen LogP contribution in [-0.4, -0.2) is 34.0 Å². The Morgan fingerprint density at radius 1 is 1.52 bits per heavy atom. The van der Waals surface area contributed by atoms with Gasteiger partial charge in [-0.25, -0.2) is 0 Å². The summed E-state index contributed by atoms with van der Waals surface area (Å²) >= 11 is 1.57. The van der Waals surface area contributed by atoms with Crippen molar-refractivity contribution in [1.29, 1.82) is 0 Å². The van der Waals surface area contributed by atoms with E-state index in [4.69, 9.17) is 0 Å². The van der Waals surface area contributed by atoms with Crippen LogP contribution in [0.1, 0.15) is 39.5 Å². The number of piperidine rings is 1. The van der Waals surface area contributed by atoms with Crippen LogP contribution in [0.15, 0.2) is 17.5 Å². The summed E-state index contributed by atoms with van der Waals surface area (Å²) in [5.41, 5.74) is 3.27. The first-order valence-electron chi connectivity index (χ1n) is 7.45. The number of thiophene rings is 1. The molecule has 1 saturated heterocycles. The van der Waals surface area contributed by atoms with Crippen molar-refractivity contribution in [3.8, 4) is 0 Å². The zero-order valence-corrected chi connectivity index (χ0v) is 13.4. The number of aromatic nitrogens is 2. The molecule has 1 aliphatic heterocycles. The van der Waals surface area contributed by atoms with Crippen molar-refractivity contribution < 1.29 is 4.79 Å². The minimum atomic E-state index is 0.135. The molecule has 0 aliphatic carbocycles. The third-order valence-electron chi connectivity index (χ3n) is 4.11. The Hall–Kier alpha value is -1.46. The van der Waals surface area contributed by atoms with Gasteiger partial charge < -0.3 is 0 Å². The molecule has 1 atom stereocenters. The molecule has 3 heterocycles. The molecule has 1 aliphatic rings. The standard InChI is InChI=1S/C16H21N3OS/c1-11-5-7-21-16(11)15(20)13-4-3-6-19(9-13)10-14-8-12(2)17-18-14/h5,7-8,13H,3-4,6,9-10H2,1-2H3,(H,17,18)/t13-/m1/s1. The van der Waals surface area contributed by atoms with Crippen molar-refractivity contribution >= 4 is 17.1 Å². The summed E-state index contributed by atoms with van der Waals surface area (Å²) in [6.07, 6.45) is 2.09. The number of rotatable bonds is 4. The second kappa shape index (κ2) is 6.12. The van der Waals surface area contributed by atoms with E-state index in [0.717, 1.165) is 54.3 Å². The quantitative estimate of drug-likeness (QED) is 0.883. The van der Waals surface area contributed by atoms with Crippen molar-refractivity contribution in [3.63, 3.8) is 0 Å². The summed E-state index contributed by atoms with van der Waals surface area (Å²) in [6.45, 7) is 6.77. The molecule has 1 fully saturated rings. The highest BCUT2D eigenvalue weighted by atomic mass is 32.1. The smallest absolute Gasteiger partial charge is 0.177 e. The highest BCUT2D eigenvalue weighted by Gasteiger charge is 2.28. The lowest BCUT2D eigenvalue weighted by atomic mass is 9.92. The van der Waals surface area contributed by atoms with Crippen LogP contribution in [0.2, 0.25) is 0 Å². The fraction of sp³-hybridized carbons (Fsp3) is 0.500. The Morgan fingerprint density at radius 2 is 2.38 bits per heavy atom. The molecule has 2 aromatic heterocycles. The molecule has 0 radical (unpaired) electrons. The lowest BCUT2D eigenvalue weighted by molar-refractivity contribution is 0.0814. The molecule has 0 saturated carbocycles. The third-order valence-corrected chi connectivity index (χ3v) is 5.14. The van der Waals surface area contributed by atoms with E-state index in [2.05, 4.69) is 21.2 Å². The summed E-state index contributed by atoms with van der Waals surface area (Å²) in [6, 6.07) is 4.11. The molecular weight excluding hydrogens is 282 g/mol. The van der Waals surface area contributed by atoms with Gasteiger partial charge in [-0.3, -0.25) is 14.8 Å². The highest BCUT2D eigenvalue weighted by Crippen LogP contribution is 2.26. The Labute approximate surface area is 129 Å². The predicted molar refractivity (Wildman–Crippen MR) is 84.7 cm³/mol. The fourth-order valence-electron chi connectivity index (χ4n) is 3.01. The molecule has 1 N–H and O–H groups in total. The molecule has 112 valence electrons. The summed E-state index contributed by atoms with van der Waals surface area (Å²) < 4.78 is 0. The number of ketones is 1. The molecule has 0 aromatic carbocycles. The Bertz CT molecular complexity index is 631. The zero-order valence-electron chi connectivity index (χ0n) is 12.6. The van der Waals surface area contributed by atoms with E-state index in [1.165, 1.54) is 0 Å². The van der Waals surface area contributed by atoms with Gasteiger partial charge in [0, 0.05) is 24.7 Å². The van der Waals surface area contributed by atoms with Crippen molar-refractivity contribution in [2.75, 3.05) is 13.1 Å². The second-order valence-corrected chi connectivity index (χ2v) is 6.83. The first-order valence-corrected chi connectivity index (χ1v) is 8.33. The van der Waals surface area contributed by atoms with Crippen molar-refractivity contribution in [2.24, 2.45) is 5.92 Å². The molecule has 0 bridgehead atoms. The number of H-pyrrole nitrogens is 1. The van der Waals surface area contributed by atoms with E-state index in [1.807, 2.05) is 25.3 Å². The molecule has 0 spiro atoms. The summed E-state index contributed by atoms with van der Waals surface area (Å²) in [5, 5.41) is 9.28. The van der Waals surface area contributed by atoms with Crippen LogP contribution in [0.25, 0.3) is 0 Å². The normalized spacial score (nSPS) is 19.8. The van der Waals surface area contributed by atoms with Gasteiger partial charge in [0.25, 0.3) is 0 Å². The number of Topliss-reactive ketones (excluding diaryl/α,β-unsaturated/α-hetero) is 1. The third kappa shape index (κ3) is 3.24. The maximum Gasteiger partial charge on any atom is 0.177 e. The molecule has 5 heteroatoms. The zero-order chi connectivity index (χ0) is 14.8. The number of aromatic amines is 1. The van der Waals surface area contributed by atoms with Crippen LogP contribution in [0.3, 0.4) is 0 Å². The van der Waals surface area contributed by atoms with Crippen LogP contribution >= 0.6 is 11.3 Å². The van der Waals surface area contributed by atoms with Gasteiger partial charge in [-0.1, -0.05) is 0 Å². The first-order chi connectivity index (χ1) is 10.1. The molecule has 2 aromatic rings. The molecule has 0 amide bonds. The second-order valence-electron chi connectivity index (χ2n) is 5.91. The summed E-state index contributed by atoms with van der Waals surface area (Å²) in [5.74, 6) is 0.460. The molecule has 4 nitrogen and oxygen atoms in total. The average molecular weight is 303 g/mol. The highest BCUT2D eigenvalue weighted by molar-refractivity contribution is 7.12. The van der Waals surface area contributed by atoms with Gasteiger partial charge in [-0.15, -0.1) is 11.3 Å². The van der Waals surface area contributed by atoms with Gasteiger partial charge in [-0.2, -0.15) is 5.10 Å². The van der Waals surface area contributed by atoms with Crippen LogP contribution in [0, 0.1) is 19.8 Å². The Balaban J connectivity index is 1.65. The first kappa shape index (κ1) is 14.5. The molecule has 21 heavy (non-hydrogen) atoms. The lowest BCUT2D eigenvalue weighted by Crippen LogP contribution is -2.38. The average Bonchev–Trinajstić information content (AvgIpc) is 3.07. The minimum absolute atomic E-state index is 0.135. The van der Waals surface area contributed by atoms with Gasteiger partial charge in [0.05, 0.1) is 10.6 Å². The summed E-state index contributed by atoms with van der Waals surface area (Å²) in [7, 11) is 0. The van der Waals surface area contributed by atoms with Crippen LogP contribution in [0.5, 0.6) is 0 Å². The topological polar surface area (TPSA) is 49.0 Å². The molecule has 3 rings (SSSR count). The van der Waals surface area contributed by atoms with Crippen LogP contribution in [-0.2, 0) is 6.54 Å². The maximum atomic E-state index is 12.6. The number of nitrogens with zero attached hydrogens (tertiary/aromatic N) is 2. The minimum Gasteiger partial charge on any atom is -0.297 e. The number of likely N-dealkylation sites (tertiary alicyclic amines) is 1. The largest absolute Gasteiger partial charge is 0.297 e. The number of carbonyl (C=O) groups is 1. The van der Waals surface area contributed by atoms with E-state index < -0.39 is 0 Å². The number of hydrogen-bond acceptors (Lipinski definition) is 4. The maximum absolute atomic E-state index is 12.6. The lowest BCUT2D eigenvalue weighted by Gasteiger charge is -2.31. The van der Waals surface area contributed by atoms with Crippen LogP contribution in [0.4, 0.5) is 0 Å². The number of nitrogens with one attached hydrogen (secondary N) is 1. The van der Waals surface area contributed by atoms with Gasteiger partial charge in [0.1, 0.15) is 0 Å². The van der Waals surface area contributed by atoms with E-state index in [9.17, 15) is 4.79 Å². The Kier molecular flexibility index (Phi) is 4.22. The monoisotopic (exact) mass is 303 g/mol. The van der Waals surface area contributed by atoms with E-state index in [0.29, 0.717) is 5.78 Å². The van der Waals surface area contributed by atoms with Gasteiger partial charge in [0.15, 0.2) is 5.78 Å². The molecular formula is C16H21N3OS. The number of hydrogen-bond donors (Lipinski definition) is 1. The van der Waals surface area contributed by atoms with Gasteiger partial charge in [-0.05, 0) is 56.3 Å². The van der Waals surface area contributed by atoms with Gasteiger partial charge in [0.2, 0.25) is 0 Å². The number of aryl methyl sites for hydroxylation is 2. The Morgan fingerprint density at radius 3 is 3.05 bits per heavy atom. The van der Waals surface area contributed by atoms with Crippen molar-refractivity contribution in [2.45, 2.75) is 33.2 Å². The van der Waals surface area contributed by atoms with E-state index in [-0.39, 0.29) is 5.92 Å². The SMILES string of the molecule is Cc1cc(CN2CCC[C@@H](C(=O)c3sccc3C)C2)n[nH]1. The van der Waals surface area contributed by atoms with Crippen molar-refractivity contribution in [3.05, 3.63) is 39.3 Å².